The molecule has 0 bridgehead atoms. The summed E-state index contributed by atoms with van der Waals surface area (Å²) in [7, 11) is 2.30. The molecule has 0 radical (unpaired) electrons. The number of hydrogen-bond donors (Lipinski definition) is 0. The van der Waals surface area contributed by atoms with Gasteiger partial charge in [0.1, 0.15) is 0 Å². The van der Waals surface area contributed by atoms with Gasteiger partial charge in [-0.2, -0.15) is 4.58 Å². The van der Waals surface area contributed by atoms with Gasteiger partial charge in [-0.05, 0) is 68.8 Å². The fourth-order valence-corrected chi connectivity index (χ4v) is 8.93. The maximum absolute atomic E-state index is 2.58. The second-order valence-corrected chi connectivity index (χ2v) is 14.3. The van der Waals surface area contributed by atoms with Gasteiger partial charge in [0.05, 0.1) is 16.9 Å². The van der Waals surface area contributed by atoms with Gasteiger partial charge in [0.15, 0.2) is 12.3 Å². The van der Waals surface area contributed by atoms with Crippen LogP contribution in [-0.4, -0.2) is 29.6 Å². The molecule has 2 nitrogen and oxygen atoms in total. The third kappa shape index (κ3) is 4.77. The summed E-state index contributed by atoms with van der Waals surface area (Å²) in [5, 5.41) is 2.70. The molecule has 4 aromatic carbocycles. The van der Waals surface area contributed by atoms with E-state index in [0.717, 1.165) is 12.3 Å². The number of anilines is 1. The van der Waals surface area contributed by atoms with Crippen molar-refractivity contribution < 1.29 is 4.58 Å². The monoisotopic (exact) mass is 583 g/mol. The molecule has 1 saturated carbocycles. The van der Waals surface area contributed by atoms with Crippen LogP contribution in [0.4, 0.5) is 11.4 Å². The molecule has 3 aliphatic rings. The van der Waals surface area contributed by atoms with Crippen molar-refractivity contribution in [3.05, 3.63) is 126 Å². The average Bonchev–Trinajstić information content (AvgIpc) is 3.37. The van der Waals surface area contributed by atoms with E-state index in [1.165, 1.54) is 87.2 Å². The van der Waals surface area contributed by atoms with Gasteiger partial charge in [-0.1, -0.05) is 91.6 Å². The summed E-state index contributed by atoms with van der Waals surface area (Å²) in [6.45, 7) is 7.99. The number of benzene rings is 4. The second-order valence-electron chi connectivity index (χ2n) is 13.1. The fourth-order valence-electron chi connectivity index (χ4n) is 8.07. The Morgan fingerprint density at radius 2 is 1.63 bits per heavy atom. The second kappa shape index (κ2) is 11.2. The summed E-state index contributed by atoms with van der Waals surface area (Å²) in [6, 6.07) is 31.5. The minimum Gasteiger partial charge on any atom is -0.347 e. The molecular formula is C40H43N2S+. The first kappa shape index (κ1) is 28.2. The van der Waals surface area contributed by atoms with Gasteiger partial charge < -0.3 is 4.90 Å². The summed E-state index contributed by atoms with van der Waals surface area (Å²) in [5.41, 5.74) is 9.97. The van der Waals surface area contributed by atoms with Crippen molar-refractivity contribution in [2.75, 3.05) is 24.2 Å². The number of hydrogen-bond acceptors (Lipinski definition) is 2. The van der Waals surface area contributed by atoms with Gasteiger partial charge >= 0.3 is 0 Å². The summed E-state index contributed by atoms with van der Waals surface area (Å²) in [6.07, 6.45) is 13.6. The molecule has 1 spiro atoms. The number of fused-ring (bicyclic) bond motifs is 5. The Kier molecular flexibility index (Phi) is 7.33. The number of nitrogens with zero attached hydrogens (tertiary/aromatic N) is 2. The first-order valence-corrected chi connectivity index (χ1v) is 17.0. The lowest BCUT2D eigenvalue weighted by molar-refractivity contribution is -0.431. The molecule has 0 saturated heterocycles. The number of likely N-dealkylation sites (N-methyl/N-ethyl adjacent to an activating group) is 1. The third-order valence-electron chi connectivity index (χ3n) is 10.2. The lowest BCUT2D eigenvalue weighted by Crippen LogP contribution is -2.32. The maximum Gasteiger partial charge on any atom is 0.209 e. The Bertz CT molecular complexity index is 1770. The van der Waals surface area contributed by atoms with Gasteiger partial charge in [0.2, 0.25) is 5.69 Å². The topological polar surface area (TPSA) is 6.25 Å². The molecule has 43 heavy (non-hydrogen) atoms. The molecular weight excluding hydrogens is 541 g/mol. The Morgan fingerprint density at radius 3 is 2.44 bits per heavy atom. The molecule has 0 atom stereocenters. The summed E-state index contributed by atoms with van der Waals surface area (Å²) >= 11 is 1.94. The summed E-state index contributed by atoms with van der Waals surface area (Å²) in [4.78, 5) is 3.85. The Hall–Kier alpha value is -3.56. The van der Waals surface area contributed by atoms with Crippen LogP contribution in [0.5, 0.6) is 0 Å². The number of rotatable bonds is 6. The fraction of sp³-hybridized carbons (Fsp3) is 0.325. The molecule has 3 heteroatoms. The molecule has 0 aromatic heterocycles. The van der Waals surface area contributed by atoms with Crippen molar-refractivity contribution >= 4 is 39.6 Å². The predicted molar refractivity (Wildman–Crippen MR) is 186 cm³/mol. The molecule has 0 amide bonds. The van der Waals surface area contributed by atoms with Crippen molar-refractivity contribution in [3.63, 3.8) is 0 Å². The van der Waals surface area contributed by atoms with Gasteiger partial charge in [-0.3, -0.25) is 0 Å². The summed E-state index contributed by atoms with van der Waals surface area (Å²) in [5.74, 6) is 1.04. The molecule has 0 unspecified atom stereocenters. The highest BCUT2D eigenvalue weighted by molar-refractivity contribution is 7.99. The first-order chi connectivity index (χ1) is 20.9. The van der Waals surface area contributed by atoms with Crippen LogP contribution in [-0.2, 0) is 10.8 Å². The van der Waals surface area contributed by atoms with Gasteiger partial charge in [-0.15, -0.1) is 11.8 Å². The van der Waals surface area contributed by atoms with Crippen LogP contribution < -0.4 is 4.90 Å². The van der Waals surface area contributed by atoms with Gasteiger partial charge in [-0.25, -0.2) is 0 Å². The molecule has 2 heterocycles. The SMILES string of the molecule is Cc1ccc2c(c1)C(C)(C)C(/C=C/C=C1/N(C)c3c(ccc4ccccc34)C13CCCCC3)=[N+]2CCSc1ccccc1. The molecule has 7 rings (SSSR count). The van der Waals surface area contributed by atoms with Crippen LogP contribution in [0.1, 0.15) is 62.6 Å². The first-order valence-electron chi connectivity index (χ1n) is 16.0. The van der Waals surface area contributed by atoms with Crippen LogP contribution in [0.15, 0.2) is 114 Å². The van der Waals surface area contributed by atoms with Crippen LogP contribution in [0, 0.1) is 6.92 Å². The lowest BCUT2D eigenvalue weighted by atomic mass is 9.68. The van der Waals surface area contributed by atoms with Crippen LogP contribution in [0.2, 0.25) is 0 Å². The number of aryl methyl sites for hydroxylation is 1. The highest BCUT2D eigenvalue weighted by Crippen LogP contribution is 2.56. The molecule has 218 valence electrons. The Morgan fingerprint density at radius 1 is 0.860 bits per heavy atom. The van der Waals surface area contributed by atoms with Crippen LogP contribution >= 0.6 is 11.8 Å². The average molecular weight is 584 g/mol. The quantitative estimate of drug-likeness (QED) is 0.165. The van der Waals surface area contributed by atoms with Gasteiger partial charge in [0, 0.05) is 46.1 Å². The van der Waals surface area contributed by atoms with Crippen molar-refractivity contribution in [2.45, 2.75) is 68.6 Å². The van der Waals surface area contributed by atoms with E-state index in [2.05, 4.69) is 140 Å². The largest absolute Gasteiger partial charge is 0.347 e. The molecule has 0 N–H and O–H groups in total. The molecule has 4 aromatic rings. The van der Waals surface area contributed by atoms with Gasteiger partial charge in [0.25, 0.3) is 0 Å². The molecule has 2 aliphatic heterocycles. The normalized spacial score (nSPS) is 19.6. The van der Waals surface area contributed by atoms with E-state index in [1.807, 2.05) is 11.8 Å². The van der Waals surface area contributed by atoms with Crippen molar-refractivity contribution in [2.24, 2.45) is 0 Å². The Balaban J connectivity index is 1.28. The molecule has 1 aliphatic carbocycles. The zero-order valence-corrected chi connectivity index (χ0v) is 26.9. The zero-order chi connectivity index (χ0) is 29.6. The van der Waals surface area contributed by atoms with E-state index in [-0.39, 0.29) is 10.8 Å². The van der Waals surface area contributed by atoms with E-state index in [4.69, 9.17) is 0 Å². The minimum atomic E-state index is -0.0585. The van der Waals surface area contributed by atoms with Crippen LogP contribution in [0.25, 0.3) is 10.8 Å². The predicted octanol–water partition coefficient (Wildman–Crippen LogP) is 10.1. The maximum atomic E-state index is 2.58. The van der Waals surface area contributed by atoms with Crippen molar-refractivity contribution in [1.29, 1.82) is 0 Å². The highest BCUT2D eigenvalue weighted by atomic mass is 32.2. The lowest BCUT2D eigenvalue weighted by Gasteiger charge is -2.36. The van der Waals surface area contributed by atoms with E-state index in [1.54, 1.807) is 0 Å². The number of allylic oxidation sites excluding steroid dienone is 4. The van der Waals surface area contributed by atoms with E-state index >= 15 is 0 Å². The van der Waals surface area contributed by atoms with Crippen molar-refractivity contribution in [3.8, 4) is 0 Å². The smallest absolute Gasteiger partial charge is 0.209 e. The van der Waals surface area contributed by atoms with E-state index < -0.39 is 0 Å². The van der Waals surface area contributed by atoms with E-state index in [0.29, 0.717) is 0 Å². The minimum absolute atomic E-state index is 0.0585. The molecule has 1 fully saturated rings. The highest BCUT2D eigenvalue weighted by Gasteiger charge is 2.47. The number of thioether (sulfide) groups is 1. The zero-order valence-electron chi connectivity index (χ0n) is 26.1. The van der Waals surface area contributed by atoms with E-state index in [9.17, 15) is 0 Å². The third-order valence-corrected chi connectivity index (χ3v) is 11.2. The summed E-state index contributed by atoms with van der Waals surface area (Å²) < 4.78 is 2.58. The van der Waals surface area contributed by atoms with Crippen LogP contribution in [0.3, 0.4) is 0 Å². The Labute approximate surface area is 261 Å². The van der Waals surface area contributed by atoms with Crippen molar-refractivity contribution in [1.82, 2.24) is 0 Å². The standard InChI is InChI=1S/C40H43N2S/c1-29-20-23-35-34(28-29)39(2,3)36(42(35)26-27-43-31-15-7-5-8-16-31)18-13-19-37-40(24-11-6-12-25-40)33-22-21-30-14-9-10-17-32(30)38(33)41(37)4/h5,7-10,13-23,28H,6,11-12,24-27H2,1-4H3/q+1.